The predicted molar refractivity (Wildman–Crippen MR) is 72.5 cm³/mol. The topological polar surface area (TPSA) is 87.7 Å². The number of ether oxygens (including phenoxy) is 1. The predicted octanol–water partition coefficient (Wildman–Crippen LogP) is 1.30. The van der Waals surface area contributed by atoms with Crippen molar-refractivity contribution in [1.82, 2.24) is 10.6 Å². The summed E-state index contributed by atoms with van der Waals surface area (Å²) in [6, 6.07) is 0. The molecule has 0 bridgehead atoms. The number of carbonyl (C=O) groups excluding carboxylic acids is 2. The lowest BCUT2D eigenvalue weighted by Crippen LogP contribution is -2.45. The second-order valence-corrected chi connectivity index (χ2v) is 4.08. The Labute approximate surface area is 114 Å². The summed E-state index contributed by atoms with van der Waals surface area (Å²) in [5.41, 5.74) is 0. The van der Waals surface area contributed by atoms with E-state index in [1.165, 1.54) is 6.08 Å². The van der Waals surface area contributed by atoms with E-state index in [2.05, 4.69) is 17.6 Å². The number of rotatable bonds is 11. The highest BCUT2D eigenvalue weighted by atomic mass is 16.5. The summed E-state index contributed by atoms with van der Waals surface area (Å²) < 4.78 is 4.84. The maximum absolute atomic E-state index is 11.4. The third kappa shape index (κ3) is 11.3. The lowest BCUT2D eigenvalue weighted by Gasteiger charge is -2.17. The van der Waals surface area contributed by atoms with Crippen molar-refractivity contribution < 1.29 is 19.4 Å². The van der Waals surface area contributed by atoms with Crippen molar-refractivity contribution in [3.8, 4) is 0 Å². The zero-order valence-corrected chi connectivity index (χ0v) is 11.4. The maximum Gasteiger partial charge on any atom is 0.409 e. The number of aliphatic hydroxyl groups excluding tert-OH is 1. The number of hydrogen-bond acceptors (Lipinski definition) is 4. The number of alkyl carbamates (subject to hydrolysis) is 1. The summed E-state index contributed by atoms with van der Waals surface area (Å²) in [6.45, 7) is 2.13. The van der Waals surface area contributed by atoms with Crippen LogP contribution in [0, 0.1) is 0 Å². The number of aliphatic hydroxyl groups is 1. The van der Waals surface area contributed by atoms with Crippen LogP contribution in [0.4, 0.5) is 4.79 Å². The van der Waals surface area contributed by atoms with E-state index in [1.54, 1.807) is 6.08 Å². The number of nitrogens with one attached hydrogen (secondary N) is 2. The molecule has 6 heteroatoms. The highest BCUT2D eigenvalue weighted by molar-refractivity contribution is 5.68. The molecule has 0 heterocycles. The van der Waals surface area contributed by atoms with E-state index in [4.69, 9.17) is 9.84 Å². The van der Waals surface area contributed by atoms with Crippen LogP contribution in [0.2, 0.25) is 0 Å². The molecule has 3 N–H and O–H groups in total. The summed E-state index contributed by atoms with van der Waals surface area (Å²) >= 11 is 0. The fourth-order valence-corrected chi connectivity index (χ4v) is 1.50. The SMILES string of the molecule is CCCCCCC(NC=O)NC(=O)OCC=CCO. The third-order valence-corrected chi connectivity index (χ3v) is 2.49. The van der Waals surface area contributed by atoms with Crippen LogP contribution in [0.15, 0.2) is 12.2 Å². The number of carbonyl (C=O) groups is 2. The zero-order chi connectivity index (χ0) is 14.3. The Kier molecular flexibility index (Phi) is 11.8. The minimum atomic E-state index is -0.586. The van der Waals surface area contributed by atoms with Crippen molar-refractivity contribution in [1.29, 1.82) is 0 Å². The van der Waals surface area contributed by atoms with Gasteiger partial charge in [0.15, 0.2) is 0 Å². The van der Waals surface area contributed by atoms with Gasteiger partial charge in [0, 0.05) is 0 Å². The molecule has 0 aromatic carbocycles. The summed E-state index contributed by atoms with van der Waals surface area (Å²) in [5.74, 6) is 0. The van der Waals surface area contributed by atoms with Gasteiger partial charge in [-0.2, -0.15) is 0 Å². The Hall–Kier alpha value is -1.56. The van der Waals surface area contributed by atoms with Crippen LogP contribution in [-0.2, 0) is 9.53 Å². The fourth-order valence-electron chi connectivity index (χ4n) is 1.50. The van der Waals surface area contributed by atoms with E-state index in [0.29, 0.717) is 12.8 Å². The smallest absolute Gasteiger partial charge is 0.409 e. The monoisotopic (exact) mass is 272 g/mol. The lowest BCUT2D eigenvalue weighted by molar-refractivity contribution is -0.110. The van der Waals surface area contributed by atoms with Crippen LogP contribution in [0.1, 0.15) is 39.0 Å². The Balaban J connectivity index is 3.86. The van der Waals surface area contributed by atoms with Gasteiger partial charge in [0.25, 0.3) is 0 Å². The van der Waals surface area contributed by atoms with Gasteiger partial charge in [-0.05, 0) is 18.9 Å². The van der Waals surface area contributed by atoms with Gasteiger partial charge in [0.05, 0.1) is 6.61 Å². The molecule has 0 radical (unpaired) electrons. The van der Waals surface area contributed by atoms with Gasteiger partial charge in [-0.15, -0.1) is 0 Å². The Morgan fingerprint density at radius 2 is 2.11 bits per heavy atom. The summed E-state index contributed by atoms with van der Waals surface area (Å²) in [6.07, 6.45) is 7.58. The molecular weight excluding hydrogens is 248 g/mol. The summed E-state index contributed by atoms with van der Waals surface area (Å²) in [4.78, 5) is 21.8. The normalized spacial score (nSPS) is 12.1. The first-order chi connectivity index (χ1) is 9.24. The van der Waals surface area contributed by atoms with Gasteiger partial charge in [0.2, 0.25) is 6.41 Å². The molecule has 1 atom stereocenters. The maximum atomic E-state index is 11.4. The molecule has 0 aliphatic heterocycles. The third-order valence-electron chi connectivity index (χ3n) is 2.49. The molecule has 1 unspecified atom stereocenters. The van der Waals surface area contributed by atoms with Crippen LogP contribution in [0.5, 0.6) is 0 Å². The molecule has 110 valence electrons. The van der Waals surface area contributed by atoms with E-state index in [-0.39, 0.29) is 13.2 Å². The van der Waals surface area contributed by atoms with Crippen molar-refractivity contribution >= 4 is 12.5 Å². The largest absolute Gasteiger partial charge is 0.445 e. The Morgan fingerprint density at radius 3 is 2.74 bits per heavy atom. The van der Waals surface area contributed by atoms with Crippen molar-refractivity contribution in [2.45, 2.75) is 45.2 Å². The van der Waals surface area contributed by atoms with Gasteiger partial charge in [-0.3, -0.25) is 4.79 Å². The average Bonchev–Trinajstić information content (AvgIpc) is 2.40. The van der Waals surface area contributed by atoms with E-state index in [1.807, 2.05) is 0 Å². The van der Waals surface area contributed by atoms with Crippen LogP contribution in [-0.4, -0.2) is 37.0 Å². The molecule has 0 aromatic rings. The second-order valence-electron chi connectivity index (χ2n) is 4.08. The molecule has 6 nitrogen and oxygen atoms in total. The zero-order valence-electron chi connectivity index (χ0n) is 11.4. The van der Waals surface area contributed by atoms with Crippen molar-refractivity contribution in [2.24, 2.45) is 0 Å². The minimum Gasteiger partial charge on any atom is -0.445 e. The van der Waals surface area contributed by atoms with E-state index >= 15 is 0 Å². The number of unbranched alkanes of at least 4 members (excludes halogenated alkanes) is 3. The molecule has 0 saturated carbocycles. The van der Waals surface area contributed by atoms with Gasteiger partial charge in [-0.25, -0.2) is 4.79 Å². The van der Waals surface area contributed by atoms with Gasteiger partial charge in [0.1, 0.15) is 12.8 Å². The molecule has 0 rings (SSSR count). The van der Waals surface area contributed by atoms with E-state index in [0.717, 1.165) is 25.7 Å². The van der Waals surface area contributed by atoms with Crippen LogP contribution in [0.25, 0.3) is 0 Å². The lowest BCUT2D eigenvalue weighted by atomic mass is 10.1. The van der Waals surface area contributed by atoms with E-state index < -0.39 is 12.3 Å². The van der Waals surface area contributed by atoms with Gasteiger partial charge >= 0.3 is 6.09 Å². The second kappa shape index (κ2) is 12.9. The molecule has 0 aliphatic carbocycles. The highest BCUT2D eigenvalue weighted by Gasteiger charge is 2.11. The standard InChI is InChI=1S/C13H24N2O4/c1-2-3-4-5-8-12(14-11-17)15-13(18)19-10-7-6-9-16/h6-7,11-12,16H,2-5,8-10H2,1H3,(H,14,17)(H,15,18). The molecule has 0 fully saturated rings. The van der Waals surface area contributed by atoms with Crippen LogP contribution in [0.3, 0.4) is 0 Å². The van der Waals surface area contributed by atoms with Crippen molar-refractivity contribution in [3.63, 3.8) is 0 Å². The number of amides is 2. The van der Waals surface area contributed by atoms with Gasteiger partial charge in [-0.1, -0.05) is 32.3 Å². The molecule has 0 aliphatic rings. The average molecular weight is 272 g/mol. The first-order valence-electron chi connectivity index (χ1n) is 6.63. The molecule has 0 saturated heterocycles. The first kappa shape index (κ1) is 17.4. The van der Waals surface area contributed by atoms with Gasteiger partial charge < -0.3 is 20.5 Å². The van der Waals surface area contributed by atoms with Crippen molar-refractivity contribution in [2.75, 3.05) is 13.2 Å². The van der Waals surface area contributed by atoms with E-state index in [9.17, 15) is 9.59 Å². The first-order valence-corrected chi connectivity index (χ1v) is 6.63. The molecule has 0 spiro atoms. The molecule has 19 heavy (non-hydrogen) atoms. The highest BCUT2D eigenvalue weighted by Crippen LogP contribution is 2.04. The summed E-state index contributed by atoms with van der Waals surface area (Å²) in [5, 5.41) is 13.6. The molecule has 0 aromatic heterocycles. The summed E-state index contributed by atoms with van der Waals surface area (Å²) in [7, 11) is 0. The van der Waals surface area contributed by atoms with Crippen LogP contribution < -0.4 is 10.6 Å². The van der Waals surface area contributed by atoms with Crippen LogP contribution >= 0.6 is 0 Å². The fraction of sp³-hybridized carbons (Fsp3) is 0.692. The minimum absolute atomic E-state index is 0.0856. The quantitative estimate of drug-likeness (QED) is 0.229. The number of hydrogen-bond donors (Lipinski definition) is 3. The van der Waals surface area contributed by atoms with Crippen molar-refractivity contribution in [3.05, 3.63) is 12.2 Å². The Morgan fingerprint density at radius 1 is 1.32 bits per heavy atom. The Bertz CT molecular complexity index is 269. The molecule has 2 amide bonds. The molecular formula is C13H24N2O4.